The van der Waals surface area contributed by atoms with Gasteiger partial charge in [0, 0.05) is 25.2 Å². The molecule has 7 nitrogen and oxygen atoms in total. The Morgan fingerprint density at radius 2 is 2.04 bits per heavy atom. The summed E-state index contributed by atoms with van der Waals surface area (Å²) in [6.45, 7) is 6.76. The molecule has 0 aliphatic carbocycles. The smallest absolute Gasteiger partial charge is 0.410 e. The van der Waals surface area contributed by atoms with Crippen LogP contribution in [0.25, 0.3) is 0 Å². The molecule has 2 heterocycles. The number of anilines is 1. The van der Waals surface area contributed by atoms with Crippen molar-refractivity contribution in [2.45, 2.75) is 57.0 Å². The quantitative estimate of drug-likeness (QED) is 0.827. The molecular weight excluding hydrogens is 380 g/mol. The molecule has 1 unspecified atom stereocenters. The maximum atomic E-state index is 12.3. The van der Waals surface area contributed by atoms with Crippen LogP contribution < -0.4 is 5.32 Å². The number of fused-ring (bicyclic) bond motifs is 1. The number of hydrogen-bond acceptors (Lipinski definition) is 5. The lowest BCUT2D eigenvalue weighted by atomic mass is 10.0. The van der Waals surface area contributed by atoms with E-state index in [2.05, 4.69) is 5.32 Å². The zero-order valence-electron chi connectivity index (χ0n) is 16.7. The Bertz CT molecular complexity index is 873. The number of aryl methyl sites for hydroxylation is 1. The Labute approximate surface area is 166 Å². The Morgan fingerprint density at radius 1 is 1.29 bits per heavy atom. The zero-order chi connectivity index (χ0) is 20.5. The standard InChI is InChI=1S/C20H28N2O5S/c1-20(2,3)27-19(24)22-10-8-14(13-22)4-7-18(23)21-16-6-5-15-9-11-28(25,26)17(15)12-16/h5-6,12,14H,4,7-11,13H2,1-3H3,(H,21,23). The second kappa shape index (κ2) is 7.73. The van der Waals surface area contributed by atoms with E-state index < -0.39 is 15.4 Å². The number of amides is 2. The lowest BCUT2D eigenvalue weighted by Gasteiger charge is -2.24. The topological polar surface area (TPSA) is 92.8 Å². The first-order valence-electron chi connectivity index (χ1n) is 9.67. The number of hydrogen-bond donors (Lipinski definition) is 1. The minimum absolute atomic E-state index is 0.134. The molecule has 2 aliphatic rings. The summed E-state index contributed by atoms with van der Waals surface area (Å²) in [5.41, 5.74) is 0.806. The number of likely N-dealkylation sites (tertiary alicyclic amines) is 1. The Balaban J connectivity index is 1.48. The van der Waals surface area contributed by atoms with Gasteiger partial charge < -0.3 is 15.0 Å². The maximum Gasteiger partial charge on any atom is 0.410 e. The fourth-order valence-electron chi connectivity index (χ4n) is 3.60. The van der Waals surface area contributed by atoms with Crippen LogP contribution in [0.4, 0.5) is 10.5 Å². The molecule has 0 spiro atoms. The van der Waals surface area contributed by atoms with E-state index >= 15 is 0 Å². The molecule has 1 atom stereocenters. The predicted octanol–water partition coefficient (Wildman–Crippen LogP) is 2.99. The number of nitrogens with one attached hydrogen (secondary N) is 1. The van der Waals surface area contributed by atoms with Crippen molar-refractivity contribution < 1.29 is 22.7 Å². The van der Waals surface area contributed by atoms with Crippen molar-refractivity contribution >= 4 is 27.5 Å². The first-order valence-corrected chi connectivity index (χ1v) is 11.3. The molecule has 2 aliphatic heterocycles. The van der Waals surface area contributed by atoms with Crippen LogP contribution in [0.1, 0.15) is 45.6 Å². The van der Waals surface area contributed by atoms with Gasteiger partial charge in [-0.05, 0) is 63.6 Å². The number of ether oxygens (including phenoxy) is 1. The molecule has 1 fully saturated rings. The molecule has 3 rings (SSSR count). The van der Waals surface area contributed by atoms with Gasteiger partial charge >= 0.3 is 6.09 Å². The highest BCUT2D eigenvalue weighted by atomic mass is 32.2. The van der Waals surface area contributed by atoms with Gasteiger partial charge in [-0.15, -0.1) is 0 Å². The van der Waals surface area contributed by atoms with E-state index in [4.69, 9.17) is 4.74 Å². The lowest BCUT2D eigenvalue weighted by molar-refractivity contribution is -0.116. The van der Waals surface area contributed by atoms with E-state index in [-0.39, 0.29) is 23.7 Å². The summed E-state index contributed by atoms with van der Waals surface area (Å²) in [4.78, 5) is 26.4. The van der Waals surface area contributed by atoms with Gasteiger partial charge in [-0.3, -0.25) is 4.79 Å². The fourth-order valence-corrected chi connectivity index (χ4v) is 5.19. The van der Waals surface area contributed by atoms with Gasteiger partial charge in [0.1, 0.15) is 5.60 Å². The average molecular weight is 409 g/mol. The second-order valence-corrected chi connectivity index (χ2v) is 10.6. The number of rotatable bonds is 4. The Morgan fingerprint density at radius 3 is 2.75 bits per heavy atom. The molecule has 2 amide bonds. The van der Waals surface area contributed by atoms with Crippen LogP contribution >= 0.6 is 0 Å². The second-order valence-electron chi connectivity index (χ2n) is 8.56. The molecule has 1 aromatic rings. The first-order chi connectivity index (χ1) is 13.0. The molecule has 0 aromatic heterocycles. The molecule has 1 N–H and O–H groups in total. The first kappa shape index (κ1) is 20.6. The van der Waals surface area contributed by atoms with Crippen LogP contribution in [0.2, 0.25) is 0 Å². The van der Waals surface area contributed by atoms with Crippen molar-refractivity contribution in [3.8, 4) is 0 Å². The SMILES string of the molecule is CC(C)(C)OC(=O)N1CCC(CCC(=O)Nc2ccc3c(c2)S(=O)(=O)CC3)C1. The summed E-state index contributed by atoms with van der Waals surface area (Å²) in [6, 6.07) is 5.07. The molecule has 8 heteroatoms. The van der Waals surface area contributed by atoms with E-state index in [1.165, 1.54) is 0 Å². The number of carbonyl (C=O) groups is 2. The van der Waals surface area contributed by atoms with E-state index in [1.54, 1.807) is 23.1 Å². The summed E-state index contributed by atoms with van der Waals surface area (Å²) in [5.74, 6) is 0.250. The highest BCUT2D eigenvalue weighted by molar-refractivity contribution is 7.91. The summed E-state index contributed by atoms with van der Waals surface area (Å²) in [5, 5.41) is 2.79. The van der Waals surface area contributed by atoms with E-state index in [9.17, 15) is 18.0 Å². The fraction of sp³-hybridized carbons (Fsp3) is 0.600. The van der Waals surface area contributed by atoms with Crippen LogP contribution in [-0.2, 0) is 25.8 Å². The van der Waals surface area contributed by atoms with Crippen LogP contribution in [0.3, 0.4) is 0 Å². The van der Waals surface area contributed by atoms with Crippen LogP contribution in [-0.4, -0.2) is 49.8 Å². The highest BCUT2D eigenvalue weighted by Crippen LogP contribution is 2.29. The van der Waals surface area contributed by atoms with E-state index in [0.717, 1.165) is 12.0 Å². The third kappa shape index (κ3) is 5.04. The third-order valence-electron chi connectivity index (χ3n) is 5.04. The monoisotopic (exact) mass is 408 g/mol. The van der Waals surface area contributed by atoms with Gasteiger partial charge in [0.25, 0.3) is 0 Å². The summed E-state index contributed by atoms with van der Waals surface area (Å²) in [6.07, 6.45) is 2.08. The molecule has 28 heavy (non-hydrogen) atoms. The van der Waals surface area contributed by atoms with Crippen molar-refractivity contribution in [3.05, 3.63) is 23.8 Å². The van der Waals surface area contributed by atoms with Gasteiger partial charge in [-0.25, -0.2) is 13.2 Å². The zero-order valence-corrected chi connectivity index (χ0v) is 17.5. The summed E-state index contributed by atoms with van der Waals surface area (Å²) in [7, 11) is -3.22. The number of nitrogens with zero attached hydrogens (tertiary/aromatic N) is 1. The van der Waals surface area contributed by atoms with Crippen molar-refractivity contribution in [2.75, 3.05) is 24.2 Å². The lowest BCUT2D eigenvalue weighted by Crippen LogP contribution is -2.35. The van der Waals surface area contributed by atoms with Gasteiger partial charge in [0.15, 0.2) is 9.84 Å². The van der Waals surface area contributed by atoms with Crippen molar-refractivity contribution in [1.82, 2.24) is 4.90 Å². The number of sulfone groups is 1. The maximum absolute atomic E-state index is 12.3. The number of carbonyl (C=O) groups excluding carboxylic acids is 2. The summed E-state index contributed by atoms with van der Waals surface area (Å²) < 4.78 is 29.4. The van der Waals surface area contributed by atoms with Crippen molar-refractivity contribution in [2.24, 2.45) is 5.92 Å². The van der Waals surface area contributed by atoms with Crippen LogP contribution in [0.5, 0.6) is 0 Å². The van der Waals surface area contributed by atoms with Gasteiger partial charge in [-0.1, -0.05) is 6.07 Å². The molecular formula is C20H28N2O5S. The molecule has 0 radical (unpaired) electrons. The normalized spacial score (nSPS) is 20.7. The Hall–Kier alpha value is -2.09. The molecule has 1 aromatic carbocycles. The molecule has 1 saturated heterocycles. The average Bonchev–Trinajstić information content (AvgIpc) is 3.17. The van der Waals surface area contributed by atoms with Gasteiger partial charge in [0.05, 0.1) is 10.6 Å². The number of benzene rings is 1. The van der Waals surface area contributed by atoms with E-state index in [0.29, 0.717) is 42.9 Å². The molecule has 0 saturated carbocycles. The van der Waals surface area contributed by atoms with Gasteiger partial charge in [-0.2, -0.15) is 0 Å². The highest BCUT2D eigenvalue weighted by Gasteiger charge is 2.30. The third-order valence-corrected chi connectivity index (χ3v) is 6.84. The summed E-state index contributed by atoms with van der Waals surface area (Å²) >= 11 is 0. The minimum Gasteiger partial charge on any atom is -0.444 e. The van der Waals surface area contributed by atoms with E-state index in [1.807, 2.05) is 20.8 Å². The van der Waals surface area contributed by atoms with Crippen LogP contribution in [0.15, 0.2) is 23.1 Å². The van der Waals surface area contributed by atoms with Crippen molar-refractivity contribution in [3.63, 3.8) is 0 Å². The Kier molecular flexibility index (Phi) is 5.70. The molecule has 154 valence electrons. The van der Waals surface area contributed by atoms with Gasteiger partial charge in [0.2, 0.25) is 5.91 Å². The molecule has 0 bridgehead atoms. The minimum atomic E-state index is -3.22. The largest absolute Gasteiger partial charge is 0.444 e. The van der Waals surface area contributed by atoms with Crippen molar-refractivity contribution in [1.29, 1.82) is 0 Å². The van der Waals surface area contributed by atoms with Crippen LogP contribution in [0, 0.1) is 5.92 Å². The predicted molar refractivity (Wildman–Crippen MR) is 106 cm³/mol.